The van der Waals surface area contributed by atoms with E-state index in [9.17, 15) is 0 Å². The predicted molar refractivity (Wildman–Crippen MR) is 46.7 cm³/mol. The molecule has 1 aliphatic heterocycles. The van der Waals surface area contributed by atoms with Crippen LogP contribution in [0.15, 0.2) is 0 Å². The second kappa shape index (κ2) is 3.55. The van der Waals surface area contributed by atoms with Crippen molar-refractivity contribution in [1.82, 2.24) is 10.6 Å². The largest absolute Gasteiger partial charge is 0.314 e. The summed E-state index contributed by atoms with van der Waals surface area (Å²) in [6.45, 7) is 2.38. The molecule has 0 atom stereocenters. The first-order chi connectivity index (χ1) is 5.45. The molecule has 2 heteroatoms. The van der Waals surface area contributed by atoms with Gasteiger partial charge < -0.3 is 10.6 Å². The lowest BCUT2D eigenvalue weighted by molar-refractivity contribution is 0.283. The molecule has 2 N–H and O–H groups in total. The van der Waals surface area contributed by atoms with Crippen LogP contribution in [0, 0.1) is 0 Å². The summed E-state index contributed by atoms with van der Waals surface area (Å²) in [6, 6.07) is 1.63. The van der Waals surface area contributed by atoms with Crippen LogP contribution in [0.25, 0.3) is 0 Å². The lowest BCUT2D eigenvalue weighted by atomic mass is 9.94. The molecule has 0 radical (unpaired) electrons. The van der Waals surface area contributed by atoms with Gasteiger partial charge in [0.15, 0.2) is 0 Å². The molecule has 2 nitrogen and oxygen atoms in total. The van der Waals surface area contributed by atoms with E-state index < -0.39 is 0 Å². The summed E-state index contributed by atoms with van der Waals surface area (Å²) in [5.74, 6) is 0. The third-order valence-electron chi connectivity index (χ3n) is 2.86. The van der Waals surface area contributed by atoms with Gasteiger partial charge in [0.05, 0.1) is 0 Å². The third-order valence-corrected chi connectivity index (χ3v) is 2.86. The molecule has 2 fully saturated rings. The van der Waals surface area contributed by atoms with Gasteiger partial charge in [0.25, 0.3) is 0 Å². The number of hydrogen-bond acceptors (Lipinski definition) is 2. The fraction of sp³-hybridized carbons (Fsp3) is 1.00. The van der Waals surface area contributed by atoms with Gasteiger partial charge in [0.2, 0.25) is 0 Å². The van der Waals surface area contributed by atoms with Crippen molar-refractivity contribution < 1.29 is 0 Å². The maximum absolute atomic E-state index is 3.69. The second-order valence-corrected chi connectivity index (χ2v) is 3.86. The Balaban J connectivity index is 1.67. The Kier molecular flexibility index (Phi) is 2.44. The van der Waals surface area contributed by atoms with Crippen LogP contribution in [0.1, 0.15) is 32.1 Å². The monoisotopic (exact) mass is 154 g/mol. The van der Waals surface area contributed by atoms with E-state index in [4.69, 9.17) is 0 Å². The van der Waals surface area contributed by atoms with Crippen LogP contribution >= 0.6 is 0 Å². The quantitative estimate of drug-likeness (QED) is 0.617. The summed E-state index contributed by atoms with van der Waals surface area (Å²) in [5, 5.41) is 6.98. The minimum Gasteiger partial charge on any atom is -0.314 e. The third kappa shape index (κ3) is 1.94. The van der Waals surface area contributed by atoms with E-state index in [2.05, 4.69) is 10.6 Å². The van der Waals surface area contributed by atoms with E-state index in [-0.39, 0.29) is 0 Å². The van der Waals surface area contributed by atoms with E-state index in [1.165, 1.54) is 45.2 Å². The Morgan fingerprint density at radius 2 is 1.64 bits per heavy atom. The van der Waals surface area contributed by atoms with Crippen molar-refractivity contribution in [3.8, 4) is 0 Å². The molecule has 0 aromatic rings. The van der Waals surface area contributed by atoms with E-state index in [0.717, 1.165) is 12.1 Å². The highest BCUT2D eigenvalue weighted by molar-refractivity contribution is 4.85. The normalized spacial score (nSPS) is 28.4. The first kappa shape index (κ1) is 7.56. The summed E-state index contributed by atoms with van der Waals surface area (Å²) >= 11 is 0. The maximum Gasteiger partial charge on any atom is 0.0319 e. The molecular weight excluding hydrogens is 136 g/mol. The van der Waals surface area contributed by atoms with Crippen LogP contribution in [0.4, 0.5) is 0 Å². The van der Waals surface area contributed by atoms with Gasteiger partial charge in [0.1, 0.15) is 0 Å². The van der Waals surface area contributed by atoms with Crippen molar-refractivity contribution in [3.05, 3.63) is 0 Å². The predicted octanol–water partition coefficient (Wildman–Crippen LogP) is 0.880. The van der Waals surface area contributed by atoms with Crippen molar-refractivity contribution in [1.29, 1.82) is 0 Å². The fourth-order valence-electron chi connectivity index (χ4n) is 2.01. The molecule has 0 spiro atoms. The van der Waals surface area contributed by atoms with Crippen molar-refractivity contribution in [2.24, 2.45) is 0 Å². The van der Waals surface area contributed by atoms with Crippen molar-refractivity contribution in [2.45, 2.75) is 44.2 Å². The zero-order chi connectivity index (χ0) is 7.52. The molecular formula is C9H18N2. The van der Waals surface area contributed by atoms with Crippen LogP contribution < -0.4 is 10.6 Å². The molecule has 0 bridgehead atoms. The summed E-state index contributed by atoms with van der Waals surface area (Å²) in [6.07, 6.45) is 7.17. The topological polar surface area (TPSA) is 24.1 Å². The van der Waals surface area contributed by atoms with Crippen molar-refractivity contribution >= 4 is 0 Å². The van der Waals surface area contributed by atoms with Gasteiger partial charge >= 0.3 is 0 Å². The van der Waals surface area contributed by atoms with Crippen LogP contribution in [-0.2, 0) is 0 Å². The summed E-state index contributed by atoms with van der Waals surface area (Å²) < 4.78 is 0. The Morgan fingerprint density at radius 3 is 2.18 bits per heavy atom. The van der Waals surface area contributed by atoms with Gasteiger partial charge in [-0.25, -0.2) is 0 Å². The molecule has 0 aromatic heterocycles. The molecule has 1 saturated heterocycles. The SMILES string of the molecule is C1CCC(NC2CNC2)CC1. The van der Waals surface area contributed by atoms with E-state index in [1.54, 1.807) is 0 Å². The van der Waals surface area contributed by atoms with Crippen LogP contribution in [0.5, 0.6) is 0 Å². The highest BCUT2D eigenvalue weighted by atomic mass is 15.1. The molecule has 1 saturated carbocycles. The minimum atomic E-state index is 0.790. The smallest absolute Gasteiger partial charge is 0.0319 e. The molecule has 2 rings (SSSR count). The van der Waals surface area contributed by atoms with Crippen LogP contribution in [0.3, 0.4) is 0 Å². The number of nitrogens with one attached hydrogen (secondary N) is 2. The van der Waals surface area contributed by atoms with Gasteiger partial charge in [0, 0.05) is 25.2 Å². The number of rotatable bonds is 2. The Labute approximate surface area is 68.7 Å². The average Bonchev–Trinajstić information content (AvgIpc) is 1.99. The summed E-state index contributed by atoms with van der Waals surface area (Å²) in [7, 11) is 0. The van der Waals surface area contributed by atoms with E-state index >= 15 is 0 Å². The summed E-state index contributed by atoms with van der Waals surface area (Å²) in [4.78, 5) is 0. The van der Waals surface area contributed by atoms with Gasteiger partial charge in [-0.2, -0.15) is 0 Å². The molecule has 64 valence electrons. The van der Waals surface area contributed by atoms with Gasteiger partial charge in [-0.15, -0.1) is 0 Å². The maximum atomic E-state index is 3.69. The Morgan fingerprint density at radius 1 is 0.909 bits per heavy atom. The van der Waals surface area contributed by atoms with Crippen molar-refractivity contribution in [2.75, 3.05) is 13.1 Å². The van der Waals surface area contributed by atoms with Crippen LogP contribution in [0.2, 0.25) is 0 Å². The highest BCUT2D eigenvalue weighted by Crippen LogP contribution is 2.18. The highest BCUT2D eigenvalue weighted by Gasteiger charge is 2.21. The molecule has 0 aromatic carbocycles. The molecule has 0 amide bonds. The lowest BCUT2D eigenvalue weighted by Crippen LogP contribution is -2.58. The lowest BCUT2D eigenvalue weighted by Gasteiger charge is -2.34. The average molecular weight is 154 g/mol. The first-order valence-corrected chi connectivity index (χ1v) is 4.92. The zero-order valence-electron chi connectivity index (χ0n) is 7.10. The van der Waals surface area contributed by atoms with Gasteiger partial charge in [-0.3, -0.25) is 0 Å². The first-order valence-electron chi connectivity index (χ1n) is 4.92. The molecule has 2 aliphatic rings. The van der Waals surface area contributed by atoms with E-state index in [0.29, 0.717) is 0 Å². The number of hydrogen-bond donors (Lipinski definition) is 2. The fourth-order valence-corrected chi connectivity index (χ4v) is 2.01. The molecule has 0 unspecified atom stereocenters. The molecule has 11 heavy (non-hydrogen) atoms. The van der Waals surface area contributed by atoms with Gasteiger partial charge in [-0.1, -0.05) is 19.3 Å². The Bertz CT molecular complexity index is 115. The van der Waals surface area contributed by atoms with Gasteiger partial charge in [-0.05, 0) is 12.8 Å². The Hall–Kier alpha value is -0.0800. The standard InChI is InChI=1S/C9H18N2/c1-2-4-8(5-3-1)11-9-6-10-7-9/h8-11H,1-7H2. The zero-order valence-corrected chi connectivity index (χ0v) is 7.10. The van der Waals surface area contributed by atoms with Crippen LogP contribution in [-0.4, -0.2) is 25.2 Å². The van der Waals surface area contributed by atoms with E-state index in [1.807, 2.05) is 0 Å². The molecule has 1 aliphatic carbocycles. The minimum absolute atomic E-state index is 0.790. The summed E-state index contributed by atoms with van der Waals surface area (Å²) in [5.41, 5.74) is 0. The van der Waals surface area contributed by atoms with Crippen molar-refractivity contribution in [3.63, 3.8) is 0 Å². The molecule has 1 heterocycles. The second-order valence-electron chi connectivity index (χ2n) is 3.86.